The first-order chi connectivity index (χ1) is 19.3. The van der Waals surface area contributed by atoms with Gasteiger partial charge in [-0.25, -0.2) is 9.78 Å². The lowest BCUT2D eigenvalue weighted by atomic mass is 9.49. The Labute approximate surface area is 240 Å². The number of esters is 1. The lowest BCUT2D eigenvalue weighted by Crippen LogP contribution is -2.48. The van der Waals surface area contributed by atoms with Gasteiger partial charge >= 0.3 is 5.97 Å². The third-order valence-corrected chi connectivity index (χ3v) is 10.4. The molecule has 0 amide bonds. The zero-order valence-electron chi connectivity index (χ0n) is 23.6. The number of anilines is 2. The van der Waals surface area contributed by atoms with Crippen molar-refractivity contribution < 1.29 is 9.53 Å². The molecule has 0 N–H and O–H groups in total. The van der Waals surface area contributed by atoms with Crippen LogP contribution in [-0.4, -0.2) is 44.1 Å². The number of fused-ring (bicyclic) bond motifs is 1. The molecule has 0 unspecified atom stereocenters. The van der Waals surface area contributed by atoms with Crippen molar-refractivity contribution in [2.24, 2.45) is 23.2 Å². The molecule has 0 radical (unpaired) electrons. The number of pyridine rings is 1. The molecule has 1 aliphatic heterocycles. The maximum absolute atomic E-state index is 13.3. The van der Waals surface area contributed by atoms with Gasteiger partial charge in [-0.1, -0.05) is 11.6 Å². The molecule has 4 fully saturated rings. The number of ether oxygens (including phenoxy) is 1. The summed E-state index contributed by atoms with van der Waals surface area (Å²) >= 11 is 6.27. The van der Waals surface area contributed by atoms with Gasteiger partial charge in [-0.3, -0.25) is 4.68 Å². The number of aromatic nitrogens is 5. The van der Waals surface area contributed by atoms with Crippen LogP contribution in [0.3, 0.4) is 0 Å². The molecule has 210 valence electrons. The van der Waals surface area contributed by atoms with E-state index in [2.05, 4.69) is 21.8 Å². The Morgan fingerprint density at radius 1 is 1.07 bits per heavy atom. The summed E-state index contributed by atoms with van der Waals surface area (Å²) in [5, 5.41) is 13.9. The van der Waals surface area contributed by atoms with E-state index in [0.29, 0.717) is 22.1 Å². The minimum atomic E-state index is -0.428. The molecule has 4 bridgehead atoms. The van der Waals surface area contributed by atoms with E-state index >= 15 is 0 Å². The van der Waals surface area contributed by atoms with Crippen molar-refractivity contribution in [1.82, 2.24) is 25.0 Å². The van der Waals surface area contributed by atoms with E-state index in [0.717, 1.165) is 77.5 Å². The first-order valence-corrected chi connectivity index (χ1v) is 15.2. The molecular formula is C31H37ClN6O2. The van der Waals surface area contributed by atoms with Gasteiger partial charge in [0, 0.05) is 35.5 Å². The molecule has 5 aliphatic rings. The number of carbonyl (C=O) groups excluding carboxylic acids is 1. The highest BCUT2D eigenvalue weighted by atomic mass is 35.5. The van der Waals surface area contributed by atoms with E-state index in [-0.39, 0.29) is 6.61 Å². The number of halogens is 1. The monoisotopic (exact) mass is 560 g/mol. The molecule has 9 heteroatoms. The van der Waals surface area contributed by atoms with Crippen LogP contribution in [0, 0.1) is 37.0 Å². The maximum Gasteiger partial charge on any atom is 0.357 e. The molecule has 4 aliphatic carbocycles. The van der Waals surface area contributed by atoms with Crippen molar-refractivity contribution in [3.05, 3.63) is 46.0 Å². The van der Waals surface area contributed by atoms with Crippen LogP contribution in [0.25, 0.3) is 11.1 Å². The number of hydrogen-bond acceptors (Lipinski definition) is 7. The quantitative estimate of drug-likeness (QED) is 0.319. The lowest BCUT2D eigenvalue weighted by Gasteiger charge is -2.56. The van der Waals surface area contributed by atoms with E-state index in [1.165, 1.54) is 38.5 Å². The molecule has 8 rings (SSSR count). The third kappa shape index (κ3) is 4.30. The second kappa shape index (κ2) is 9.82. The second-order valence-electron chi connectivity index (χ2n) is 12.7. The third-order valence-electron chi connectivity index (χ3n) is 10.00. The van der Waals surface area contributed by atoms with E-state index in [1.54, 1.807) is 0 Å². The fourth-order valence-electron chi connectivity index (χ4n) is 8.62. The number of hydrogen-bond donors (Lipinski definition) is 0. The van der Waals surface area contributed by atoms with Crippen LogP contribution in [0.5, 0.6) is 0 Å². The Morgan fingerprint density at radius 3 is 2.50 bits per heavy atom. The molecular weight excluding hydrogens is 524 g/mol. The molecule has 4 heterocycles. The van der Waals surface area contributed by atoms with Gasteiger partial charge in [0.05, 0.1) is 12.8 Å². The van der Waals surface area contributed by atoms with E-state index in [9.17, 15) is 4.79 Å². The van der Waals surface area contributed by atoms with Gasteiger partial charge in [-0.15, -0.1) is 10.2 Å². The molecule has 0 atom stereocenters. The van der Waals surface area contributed by atoms with Gasteiger partial charge < -0.3 is 9.64 Å². The topological polar surface area (TPSA) is 86.0 Å². The van der Waals surface area contributed by atoms with Gasteiger partial charge in [0.15, 0.2) is 16.7 Å². The smallest absolute Gasteiger partial charge is 0.357 e. The average molecular weight is 561 g/mol. The number of nitrogens with zero attached hydrogens (tertiary/aromatic N) is 6. The van der Waals surface area contributed by atoms with Crippen LogP contribution < -0.4 is 4.90 Å². The van der Waals surface area contributed by atoms with Crippen LogP contribution in [-0.2, 0) is 17.7 Å². The van der Waals surface area contributed by atoms with Crippen LogP contribution in [0.15, 0.2) is 18.3 Å². The summed E-state index contributed by atoms with van der Waals surface area (Å²) in [6.07, 6.45) is 12.0. The predicted octanol–water partition coefficient (Wildman–Crippen LogP) is 6.48. The summed E-state index contributed by atoms with van der Waals surface area (Å²) in [5.74, 6) is 3.68. The van der Waals surface area contributed by atoms with Crippen LogP contribution in [0.2, 0.25) is 5.15 Å². The standard InChI is InChI=1S/C31H37ClN6O2/c1-4-40-30(39)27-24(7-8-26(34-27)37-9-5-6-23-18(2)28(32)35-36-29(23)37)25-16-33-38(19(25)3)17-31-13-20-10-21(14-31)12-22(11-20)15-31/h7-8,16,20-22H,4-6,9-15,17H2,1-3H3. The minimum Gasteiger partial charge on any atom is -0.461 e. The number of carbonyl (C=O) groups is 1. The first-order valence-electron chi connectivity index (χ1n) is 14.8. The highest BCUT2D eigenvalue weighted by molar-refractivity contribution is 6.30. The summed E-state index contributed by atoms with van der Waals surface area (Å²) in [6.45, 7) is 7.90. The lowest BCUT2D eigenvalue weighted by molar-refractivity contribution is -0.0638. The van der Waals surface area contributed by atoms with Crippen LogP contribution in [0.1, 0.15) is 79.2 Å². The van der Waals surface area contributed by atoms with Gasteiger partial charge in [-0.2, -0.15) is 5.10 Å². The van der Waals surface area contributed by atoms with E-state index in [4.69, 9.17) is 26.4 Å². The summed E-state index contributed by atoms with van der Waals surface area (Å²) < 4.78 is 7.67. The van der Waals surface area contributed by atoms with E-state index in [1.807, 2.05) is 37.1 Å². The molecule has 40 heavy (non-hydrogen) atoms. The first kappa shape index (κ1) is 25.9. The van der Waals surface area contributed by atoms with Crippen molar-refractivity contribution in [3.63, 3.8) is 0 Å². The summed E-state index contributed by atoms with van der Waals surface area (Å²) in [7, 11) is 0. The van der Waals surface area contributed by atoms with Crippen molar-refractivity contribution in [2.45, 2.75) is 78.7 Å². The van der Waals surface area contributed by atoms with Crippen LogP contribution >= 0.6 is 11.6 Å². The molecule has 4 saturated carbocycles. The highest BCUT2D eigenvalue weighted by Crippen LogP contribution is 2.60. The van der Waals surface area contributed by atoms with Gasteiger partial charge in [0.1, 0.15) is 5.82 Å². The molecule has 0 spiro atoms. The minimum absolute atomic E-state index is 0.282. The zero-order chi connectivity index (χ0) is 27.6. The van der Waals surface area contributed by atoms with Gasteiger partial charge in [0.25, 0.3) is 0 Å². The Bertz CT molecular complexity index is 1450. The van der Waals surface area contributed by atoms with Crippen molar-refractivity contribution in [2.75, 3.05) is 18.1 Å². The maximum atomic E-state index is 13.3. The second-order valence-corrected chi connectivity index (χ2v) is 13.0. The zero-order valence-corrected chi connectivity index (χ0v) is 24.4. The van der Waals surface area contributed by atoms with Gasteiger partial charge in [-0.05, 0) is 113 Å². The Balaban J connectivity index is 1.24. The predicted molar refractivity (Wildman–Crippen MR) is 154 cm³/mol. The Kier molecular flexibility index (Phi) is 6.37. The van der Waals surface area contributed by atoms with Crippen molar-refractivity contribution >= 4 is 29.2 Å². The van der Waals surface area contributed by atoms with Crippen LogP contribution in [0.4, 0.5) is 11.6 Å². The van der Waals surface area contributed by atoms with Crippen molar-refractivity contribution in [1.29, 1.82) is 0 Å². The Hall–Kier alpha value is -3.00. The normalized spacial score (nSPS) is 26.7. The van der Waals surface area contributed by atoms with E-state index < -0.39 is 5.97 Å². The molecule has 8 nitrogen and oxygen atoms in total. The van der Waals surface area contributed by atoms with Gasteiger partial charge in [0.2, 0.25) is 0 Å². The number of rotatable bonds is 6. The van der Waals surface area contributed by atoms with Crippen molar-refractivity contribution in [3.8, 4) is 11.1 Å². The fraction of sp³-hybridized carbons (Fsp3) is 0.581. The SMILES string of the molecule is CCOC(=O)c1nc(N2CCCc3c2nnc(Cl)c3C)ccc1-c1cnn(CC23CC4CC(CC(C4)C2)C3)c1C. The fourth-order valence-corrected chi connectivity index (χ4v) is 8.77. The molecule has 3 aromatic heterocycles. The molecule has 0 saturated heterocycles. The summed E-state index contributed by atoms with van der Waals surface area (Å²) in [6, 6.07) is 3.95. The largest absolute Gasteiger partial charge is 0.461 e. The molecule has 3 aromatic rings. The highest BCUT2D eigenvalue weighted by Gasteiger charge is 2.51. The molecule has 0 aromatic carbocycles. The Morgan fingerprint density at radius 2 is 1.80 bits per heavy atom. The summed E-state index contributed by atoms with van der Waals surface area (Å²) in [4.78, 5) is 20.2. The average Bonchev–Trinajstić information content (AvgIpc) is 3.28. The summed E-state index contributed by atoms with van der Waals surface area (Å²) in [5.41, 5.74) is 5.48.